The molecule has 1 aromatic carbocycles. The van der Waals surface area contributed by atoms with Crippen molar-refractivity contribution in [2.75, 3.05) is 13.7 Å². The monoisotopic (exact) mass is 354 g/mol. The lowest BCUT2D eigenvalue weighted by molar-refractivity contribution is 0.204. The van der Waals surface area contributed by atoms with E-state index in [9.17, 15) is 5.11 Å². The van der Waals surface area contributed by atoms with Crippen molar-refractivity contribution in [1.29, 1.82) is 0 Å². The van der Waals surface area contributed by atoms with Crippen molar-refractivity contribution in [2.24, 2.45) is 0 Å². The number of hydrogen-bond donors (Lipinski definition) is 1. The fourth-order valence-electron chi connectivity index (χ4n) is 3.39. The fourth-order valence-corrected chi connectivity index (χ4v) is 3.39. The zero-order chi connectivity index (χ0) is 17.9. The summed E-state index contributed by atoms with van der Waals surface area (Å²) >= 11 is 0. The lowest BCUT2D eigenvalue weighted by Crippen LogP contribution is -2.33. The highest BCUT2D eigenvalue weighted by Gasteiger charge is 2.18. The Balaban J connectivity index is 1.49. The number of aromatic nitrogens is 5. The molecular formula is C18H22N6O2. The largest absolute Gasteiger partial charge is 0.496 e. The third kappa shape index (κ3) is 3.47. The molecule has 0 aliphatic carbocycles. The quantitative estimate of drug-likeness (QED) is 0.712. The van der Waals surface area contributed by atoms with Crippen LogP contribution in [0.2, 0.25) is 0 Å². The lowest BCUT2D eigenvalue weighted by Gasteiger charge is -2.27. The molecule has 8 nitrogen and oxygen atoms in total. The lowest BCUT2D eigenvalue weighted by atomic mass is 10.1. The minimum atomic E-state index is -0.00980. The van der Waals surface area contributed by atoms with Crippen molar-refractivity contribution in [3.05, 3.63) is 59.4 Å². The zero-order valence-electron chi connectivity index (χ0n) is 14.7. The molecule has 26 heavy (non-hydrogen) atoms. The minimum Gasteiger partial charge on any atom is -0.496 e. The summed E-state index contributed by atoms with van der Waals surface area (Å²) in [4.78, 5) is 6.39. The number of methoxy groups -OCH3 is 1. The van der Waals surface area contributed by atoms with Gasteiger partial charge in [0.2, 0.25) is 0 Å². The highest BCUT2D eigenvalue weighted by molar-refractivity contribution is 5.37. The van der Waals surface area contributed by atoms with Gasteiger partial charge in [-0.3, -0.25) is 9.58 Å². The van der Waals surface area contributed by atoms with Gasteiger partial charge in [0, 0.05) is 25.2 Å². The van der Waals surface area contributed by atoms with Crippen LogP contribution in [0.5, 0.6) is 5.75 Å². The maximum Gasteiger partial charge on any atom is 0.137 e. The average Bonchev–Trinajstić information content (AvgIpc) is 3.31. The molecule has 0 amide bonds. The molecule has 136 valence electrons. The van der Waals surface area contributed by atoms with Crippen molar-refractivity contribution in [3.8, 4) is 5.75 Å². The van der Waals surface area contributed by atoms with E-state index in [2.05, 4.69) is 32.2 Å². The van der Waals surface area contributed by atoms with Crippen molar-refractivity contribution in [2.45, 2.75) is 32.8 Å². The predicted molar refractivity (Wildman–Crippen MR) is 94.4 cm³/mol. The van der Waals surface area contributed by atoms with Crippen LogP contribution in [0, 0.1) is 0 Å². The van der Waals surface area contributed by atoms with Gasteiger partial charge in [0.05, 0.1) is 38.2 Å². The third-order valence-corrected chi connectivity index (χ3v) is 4.64. The van der Waals surface area contributed by atoms with E-state index in [4.69, 9.17) is 4.74 Å². The highest BCUT2D eigenvalue weighted by atomic mass is 16.5. The summed E-state index contributed by atoms with van der Waals surface area (Å²) in [5, 5.41) is 17.8. The molecule has 0 radical (unpaired) electrons. The number of nitrogens with zero attached hydrogens (tertiary/aromatic N) is 6. The molecule has 2 aromatic heterocycles. The Labute approximate surface area is 151 Å². The molecule has 3 aromatic rings. The van der Waals surface area contributed by atoms with Gasteiger partial charge in [0.15, 0.2) is 0 Å². The smallest absolute Gasteiger partial charge is 0.137 e. The molecule has 1 N–H and O–H groups in total. The summed E-state index contributed by atoms with van der Waals surface area (Å²) < 4.78 is 9.27. The number of ether oxygens (including phenoxy) is 1. The van der Waals surface area contributed by atoms with Crippen LogP contribution in [0.25, 0.3) is 0 Å². The van der Waals surface area contributed by atoms with E-state index in [-0.39, 0.29) is 6.61 Å². The molecule has 0 saturated carbocycles. The van der Waals surface area contributed by atoms with Crippen LogP contribution in [0.15, 0.2) is 36.9 Å². The van der Waals surface area contributed by atoms with E-state index in [1.807, 2.05) is 16.8 Å². The van der Waals surface area contributed by atoms with E-state index >= 15 is 0 Å². The standard InChI is InChI=1S/C18H22N6O2/c1-26-18-3-2-14(6-15(18)9-23-13-19-12-20-23)8-22-4-5-24-17(10-22)7-16(11-25)21-24/h2-3,6-7,12-13,25H,4-5,8-11H2,1H3. The van der Waals surface area contributed by atoms with Gasteiger partial charge in [-0.2, -0.15) is 10.2 Å². The van der Waals surface area contributed by atoms with E-state index in [1.54, 1.807) is 18.1 Å². The molecule has 0 atom stereocenters. The van der Waals surface area contributed by atoms with Crippen LogP contribution < -0.4 is 4.74 Å². The Morgan fingerprint density at radius 3 is 2.88 bits per heavy atom. The minimum absolute atomic E-state index is 0.00980. The van der Waals surface area contributed by atoms with Gasteiger partial charge in [0.25, 0.3) is 0 Å². The van der Waals surface area contributed by atoms with Crippen LogP contribution >= 0.6 is 0 Å². The second kappa shape index (κ2) is 7.27. The summed E-state index contributed by atoms with van der Waals surface area (Å²) in [6.07, 6.45) is 3.24. The summed E-state index contributed by atoms with van der Waals surface area (Å²) in [6.45, 7) is 4.08. The van der Waals surface area contributed by atoms with Gasteiger partial charge >= 0.3 is 0 Å². The summed E-state index contributed by atoms with van der Waals surface area (Å²) in [6, 6.07) is 8.27. The van der Waals surface area contributed by atoms with E-state index < -0.39 is 0 Å². The molecular weight excluding hydrogens is 332 g/mol. The van der Waals surface area contributed by atoms with Gasteiger partial charge < -0.3 is 9.84 Å². The summed E-state index contributed by atoms with van der Waals surface area (Å²) in [5.41, 5.74) is 4.20. The molecule has 8 heteroatoms. The van der Waals surface area contributed by atoms with Gasteiger partial charge in [-0.05, 0) is 23.8 Å². The van der Waals surface area contributed by atoms with E-state index in [0.717, 1.165) is 48.9 Å². The first-order valence-corrected chi connectivity index (χ1v) is 8.62. The Morgan fingerprint density at radius 2 is 2.12 bits per heavy atom. The van der Waals surface area contributed by atoms with Crippen molar-refractivity contribution in [1.82, 2.24) is 29.4 Å². The summed E-state index contributed by atoms with van der Waals surface area (Å²) in [5.74, 6) is 0.855. The average molecular weight is 354 g/mol. The van der Waals surface area contributed by atoms with Crippen molar-refractivity contribution in [3.63, 3.8) is 0 Å². The molecule has 4 rings (SSSR count). The number of rotatable bonds is 6. The molecule has 0 saturated heterocycles. The van der Waals surface area contributed by atoms with Gasteiger partial charge in [-0.25, -0.2) is 9.67 Å². The van der Waals surface area contributed by atoms with Crippen LogP contribution in [0.1, 0.15) is 22.5 Å². The first-order valence-electron chi connectivity index (χ1n) is 8.62. The van der Waals surface area contributed by atoms with Crippen molar-refractivity contribution >= 4 is 0 Å². The zero-order valence-corrected chi connectivity index (χ0v) is 14.7. The number of hydrogen-bond acceptors (Lipinski definition) is 6. The van der Waals surface area contributed by atoms with Gasteiger partial charge in [-0.1, -0.05) is 6.07 Å². The molecule has 0 fully saturated rings. The SMILES string of the molecule is COc1ccc(CN2CCn3nc(CO)cc3C2)cc1Cn1cncn1. The van der Waals surface area contributed by atoms with Crippen molar-refractivity contribution < 1.29 is 9.84 Å². The first kappa shape index (κ1) is 16.7. The van der Waals surface area contributed by atoms with Crippen LogP contribution in [0.3, 0.4) is 0 Å². The second-order valence-electron chi connectivity index (χ2n) is 6.46. The molecule has 1 aliphatic rings. The van der Waals surface area contributed by atoms with E-state index in [1.165, 1.54) is 11.9 Å². The topological polar surface area (TPSA) is 81.2 Å². The molecule has 1 aliphatic heterocycles. The molecule has 0 bridgehead atoms. The fraction of sp³-hybridized carbons (Fsp3) is 0.389. The summed E-state index contributed by atoms with van der Waals surface area (Å²) in [7, 11) is 1.68. The second-order valence-corrected chi connectivity index (χ2v) is 6.46. The molecule has 0 unspecified atom stereocenters. The van der Waals surface area contributed by atoms with E-state index in [0.29, 0.717) is 6.54 Å². The van der Waals surface area contributed by atoms with Crippen LogP contribution in [-0.4, -0.2) is 48.2 Å². The highest BCUT2D eigenvalue weighted by Crippen LogP contribution is 2.23. The third-order valence-electron chi connectivity index (χ3n) is 4.64. The number of aliphatic hydroxyl groups excluding tert-OH is 1. The first-order chi connectivity index (χ1) is 12.7. The van der Waals surface area contributed by atoms with Gasteiger partial charge in [0.1, 0.15) is 18.4 Å². The van der Waals surface area contributed by atoms with Crippen LogP contribution in [0.4, 0.5) is 0 Å². The molecule has 0 spiro atoms. The number of fused-ring (bicyclic) bond motifs is 1. The Hall–Kier alpha value is -2.71. The Morgan fingerprint density at radius 1 is 1.19 bits per heavy atom. The predicted octanol–water partition coefficient (Wildman–Crippen LogP) is 1.04. The maximum absolute atomic E-state index is 9.26. The normalized spacial score (nSPS) is 14.4. The van der Waals surface area contributed by atoms with Gasteiger partial charge in [-0.15, -0.1) is 0 Å². The molecule has 3 heterocycles. The number of aliphatic hydroxyl groups is 1. The number of benzene rings is 1. The van der Waals surface area contributed by atoms with Crippen LogP contribution in [-0.2, 0) is 32.8 Å². The Kier molecular flexibility index (Phi) is 4.68. The Bertz CT molecular complexity index is 874. The maximum atomic E-state index is 9.26.